The summed E-state index contributed by atoms with van der Waals surface area (Å²) in [5.74, 6) is 1.50. The molecule has 0 saturated heterocycles. The fraction of sp³-hybridized carbons (Fsp3) is 0.280. The van der Waals surface area contributed by atoms with E-state index in [1.807, 2.05) is 49.4 Å². The highest BCUT2D eigenvalue weighted by Gasteiger charge is 2.32. The average molecular weight is 444 g/mol. The highest BCUT2D eigenvalue weighted by molar-refractivity contribution is 5.97. The van der Waals surface area contributed by atoms with Gasteiger partial charge in [-0.25, -0.2) is 4.52 Å². The number of carbonyl (C=O) groups is 1. The average Bonchev–Trinajstić information content (AvgIpc) is 3.19. The molecule has 0 radical (unpaired) electrons. The van der Waals surface area contributed by atoms with Crippen LogP contribution in [0, 0.1) is 6.92 Å². The Bertz CT molecular complexity index is 1340. The molecule has 1 aliphatic carbocycles. The third-order valence-corrected chi connectivity index (χ3v) is 6.17. The minimum absolute atomic E-state index is 0.0567. The van der Waals surface area contributed by atoms with E-state index in [-0.39, 0.29) is 11.7 Å². The van der Waals surface area contributed by atoms with Gasteiger partial charge in [-0.2, -0.15) is 5.10 Å². The Balaban J connectivity index is 1.63. The van der Waals surface area contributed by atoms with Crippen LogP contribution in [-0.4, -0.2) is 46.9 Å². The van der Waals surface area contributed by atoms with Gasteiger partial charge in [0.1, 0.15) is 0 Å². The van der Waals surface area contributed by atoms with Crippen LogP contribution in [-0.2, 0) is 6.42 Å². The Morgan fingerprint density at radius 2 is 1.64 bits per heavy atom. The molecule has 0 N–H and O–H groups in total. The number of benzene rings is 2. The van der Waals surface area contributed by atoms with Crippen molar-refractivity contribution in [2.24, 2.45) is 0 Å². The van der Waals surface area contributed by atoms with Crippen LogP contribution in [0.4, 0.5) is 0 Å². The number of methoxy groups -OCH3 is 3. The van der Waals surface area contributed by atoms with Gasteiger partial charge in [0.15, 0.2) is 28.6 Å². The van der Waals surface area contributed by atoms with Gasteiger partial charge in [-0.15, -0.1) is 10.2 Å². The lowest BCUT2D eigenvalue weighted by Gasteiger charge is -2.24. The number of ether oxygens (including phenoxy) is 3. The molecule has 8 nitrogen and oxygen atoms in total. The minimum atomic E-state index is -0.0872. The van der Waals surface area contributed by atoms with Gasteiger partial charge in [0.2, 0.25) is 5.75 Å². The van der Waals surface area contributed by atoms with Gasteiger partial charge in [-0.1, -0.05) is 30.3 Å². The first-order valence-corrected chi connectivity index (χ1v) is 10.7. The third-order valence-electron chi connectivity index (χ3n) is 6.17. The van der Waals surface area contributed by atoms with Crippen LogP contribution in [0.3, 0.4) is 0 Å². The Kier molecular flexibility index (Phi) is 5.20. The molecule has 168 valence electrons. The van der Waals surface area contributed by atoms with Gasteiger partial charge < -0.3 is 14.2 Å². The van der Waals surface area contributed by atoms with Crippen molar-refractivity contribution in [3.8, 4) is 28.4 Å². The number of nitrogens with zero attached hydrogens (tertiary/aromatic N) is 4. The van der Waals surface area contributed by atoms with Crippen LogP contribution in [0.15, 0.2) is 42.5 Å². The summed E-state index contributed by atoms with van der Waals surface area (Å²) in [4.78, 5) is 13.1. The topological polar surface area (TPSA) is 87.8 Å². The molecule has 0 aliphatic heterocycles. The number of fused-ring (bicyclic) bond motifs is 3. The van der Waals surface area contributed by atoms with Crippen LogP contribution in [0.5, 0.6) is 17.2 Å². The molecule has 1 atom stereocenters. The van der Waals surface area contributed by atoms with E-state index in [1.54, 1.807) is 25.8 Å². The molecular formula is C25H24N4O4. The van der Waals surface area contributed by atoms with Crippen LogP contribution in [0.1, 0.15) is 39.8 Å². The first kappa shape index (κ1) is 20.9. The number of hydrogen-bond acceptors (Lipinski definition) is 7. The van der Waals surface area contributed by atoms with Crippen LogP contribution < -0.4 is 14.2 Å². The van der Waals surface area contributed by atoms with E-state index in [4.69, 9.17) is 19.3 Å². The lowest BCUT2D eigenvalue weighted by Crippen LogP contribution is -2.24. The Morgan fingerprint density at radius 3 is 2.27 bits per heavy atom. The van der Waals surface area contributed by atoms with E-state index < -0.39 is 0 Å². The van der Waals surface area contributed by atoms with Gasteiger partial charge in [-0.3, -0.25) is 4.79 Å². The second-order valence-electron chi connectivity index (χ2n) is 8.04. The Labute approximate surface area is 191 Å². The predicted octanol–water partition coefficient (Wildman–Crippen LogP) is 4.04. The van der Waals surface area contributed by atoms with Gasteiger partial charge >= 0.3 is 0 Å². The molecule has 0 amide bonds. The first-order chi connectivity index (χ1) is 16.0. The van der Waals surface area contributed by atoms with Gasteiger partial charge in [0.25, 0.3) is 0 Å². The summed E-state index contributed by atoms with van der Waals surface area (Å²) in [6.07, 6.45) is 0.901. The maximum absolute atomic E-state index is 13.1. The highest BCUT2D eigenvalue weighted by Crippen LogP contribution is 2.42. The monoisotopic (exact) mass is 444 g/mol. The number of Topliss-reactive ketones (excluding diaryl/α,β-unsaturated/α-hetero) is 1. The summed E-state index contributed by atoms with van der Waals surface area (Å²) in [5.41, 5.74) is 5.51. The van der Waals surface area contributed by atoms with E-state index in [0.29, 0.717) is 41.4 Å². The lowest BCUT2D eigenvalue weighted by molar-refractivity contribution is 0.0955. The maximum Gasteiger partial charge on any atom is 0.203 e. The maximum atomic E-state index is 13.1. The van der Waals surface area contributed by atoms with Crippen molar-refractivity contribution in [2.75, 3.05) is 21.3 Å². The Morgan fingerprint density at radius 1 is 0.939 bits per heavy atom. The summed E-state index contributed by atoms with van der Waals surface area (Å²) < 4.78 is 18.3. The molecule has 8 heteroatoms. The van der Waals surface area contributed by atoms with Crippen molar-refractivity contribution in [3.63, 3.8) is 0 Å². The first-order valence-electron chi connectivity index (χ1n) is 10.7. The number of aromatic nitrogens is 4. The fourth-order valence-electron chi connectivity index (χ4n) is 4.59. The van der Waals surface area contributed by atoms with E-state index in [1.165, 1.54) is 0 Å². The van der Waals surface area contributed by atoms with Crippen molar-refractivity contribution in [1.82, 2.24) is 19.8 Å². The number of ketones is 1. The molecule has 1 aliphatic rings. The normalized spacial score (nSPS) is 15.4. The zero-order chi connectivity index (χ0) is 23.1. The van der Waals surface area contributed by atoms with Crippen molar-refractivity contribution in [2.45, 2.75) is 25.7 Å². The molecule has 4 aromatic rings. The summed E-state index contributed by atoms with van der Waals surface area (Å²) in [6.45, 7) is 1.95. The molecule has 0 unspecified atom stereocenters. The molecular weight excluding hydrogens is 420 g/mol. The minimum Gasteiger partial charge on any atom is -0.493 e. The summed E-state index contributed by atoms with van der Waals surface area (Å²) in [6, 6.07) is 13.8. The highest BCUT2D eigenvalue weighted by atomic mass is 16.5. The van der Waals surface area contributed by atoms with Crippen LogP contribution in [0.2, 0.25) is 0 Å². The number of hydrogen-bond donors (Lipinski definition) is 0. The zero-order valence-corrected chi connectivity index (χ0v) is 19.0. The predicted molar refractivity (Wildman–Crippen MR) is 122 cm³/mol. The van der Waals surface area contributed by atoms with Gasteiger partial charge in [-0.05, 0) is 42.5 Å². The molecule has 0 spiro atoms. The van der Waals surface area contributed by atoms with Gasteiger partial charge in [0.05, 0.1) is 38.3 Å². The summed E-state index contributed by atoms with van der Waals surface area (Å²) >= 11 is 0. The fourth-order valence-corrected chi connectivity index (χ4v) is 4.59. The van der Waals surface area contributed by atoms with Crippen LogP contribution in [0.25, 0.3) is 16.8 Å². The molecule has 2 heterocycles. The largest absolute Gasteiger partial charge is 0.493 e. The van der Waals surface area contributed by atoms with Crippen molar-refractivity contribution in [3.05, 3.63) is 65.1 Å². The summed E-state index contributed by atoms with van der Waals surface area (Å²) in [7, 11) is 4.73. The molecule has 0 fully saturated rings. The van der Waals surface area contributed by atoms with E-state index in [0.717, 1.165) is 28.1 Å². The molecule has 0 bridgehead atoms. The van der Waals surface area contributed by atoms with Crippen molar-refractivity contribution >= 4 is 11.4 Å². The second kappa shape index (κ2) is 8.20. The molecule has 5 rings (SSSR count). The smallest absolute Gasteiger partial charge is 0.203 e. The lowest BCUT2D eigenvalue weighted by atomic mass is 9.83. The number of rotatable bonds is 5. The number of aryl methyl sites for hydroxylation is 1. The van der Waals surface area contributed by atoms with E-state index in [9.17, 15) is 4.79 Å². The number of carbonyl (C=O) groups excluding carboxylic acids is 1. The van der Waals surface area contributed by atoms with Crippen molar-refractivity contribution < 1.29 is 19.0 Å². The van der Waals surface area contributed by atoms with E-state index in [2.05, 4.69) is 10.2 Å². The van der Waals surface area contributed by atoms with Crippen LogP contribution >= 0.6 is 0 Å². The standard InChI is InChI=1S/C25H24N4O4/c1-14-22(15-8-6-5-7-9-15)25-27-26-23-18(29(25)28-14)10-16(11-19(23)30)17-12-20(31-2)24(33-4)21(13-17)32-3/h5-9,12-13,16H,10-11H2,1-4H3/t16-/m1/s1. The molecule has 33 heavy (non-hydrogen) atoms. The second-order valence-corrected chi connectivity index (χ2v) is 8.04. The quantitative estimate of drug-likeness (QED) is 0.459. The van der Waals surface area contributed by atoms with Gasteiger partial charge in [0, 0.05) is 6.42 Å². The molecule has 0 saturated carbocycles. The molecule has 2 aromatic heterocycles. The molecule has 2 aromatic carbocycles. The van der Waals surface area contributed by atoms with Crippen molar-refractivity contribution in [1.29, 1.82) is 0 Å². The van der Waals surface area contributed by atoms with E-state index >= 15 is 0 Å². The SMILES string of the molecule is COc1cc([C@H]2CC(=O)c3nnc4c(-c5ccccc5)c(C)nn4c3C2)cc(OC)c1OC. The zero-order valence-electron chi connectivity index (χ0n) is 19.0. The Hall–Kier alpha value is -3.94. The summed E-state index contributed by atoms with van der Waals surface area (Å²) in [5, 5.41) is 13.5. The third kappa shape index (κ3) is 3.38.